The van der Waals surface area contributed by atoms with Crippen molar-refractivity contribution in [1.29, 1.82) is 0 Å². The van der Waals surface area contributed by atoms with E-state index in [-0.39, 0.29) is 0 Å². The predicted octanol–water partition coefficient (Wildman–Crippen LogP) is 1.42. The van der Waals surface area contributed by atoms with E-state index in [1.807, 2.05) is 0 Å². The third-order valence-corrected chi connectivity index (χ3v) is 1.79. The quantitative estimate of drug-likeness (QED) is 0.658. The van der Waals surface area contributed by atoms with E-state index in [0.29, 0.717) is 13.1 Å². The van der Waals surface area contributed by atoms with E-state index < -0.39 is 0 Å². The molecule has 0 heterocycles. The topological polar surface area (TPSA) is 55.3 Å². The molecule has 0 spiro atoms. The molecule has 0 fully saturated rings. The molecule has 0 aliphatic carbocycles. The van der Waals surface area contributed by atoms with Crippen LogP contribution in [0.25, 0.3) is 0 Å². The van der Waals surface area contributed by atoms with Crippen molar-refractivity contribution in [2.75, 3.05) is 32.7 Å². The molecule has 0 unspecified atom stereocenters. The average molecular weight is 203 g/mol. The first kappa shape index (κ1) is 16.3. The van der Waals surface area contributed by atoms with Crippen LogP contribution < -0.4 is 11.5 Å². The van der Waals surface area contributed by atoms with Gasteiger partial charge in [-0.05, 0) is 38.9 Å². The van der Waals surface area contributed by atoms with Crippen molar-refractivity contribution in [3.8, 4) is 0 Å². The Labute approximate surface area is 89.8 Å². The Kier molecular flexibility index (Phi) is 17.9. The third kappa shape index (κ3) is 14.4. The maximum Gasteiger partial charge on any atom is 0.00461 e. The Morgan fingerprint density at radius 3 is 1.14 bits per heavy atom. The highest BCUT2D eigenvalue weighted by atomic mass is 15.1. The molecule has 0 bridgehead atoms. The predicted molar refractivity (Wildman–Crippen MR) is 65.4 cm³/mol. The molecule has 0 aromatic rings. The molecule has 4 N–H and O–H groups in total. The van der Waals surface area contributed by atoms with Crippen LogP contribution in [0.3, 0.4) is 0 Å². The SMILES string of the molecule is CCCN(CCC)CCC.NCCN. The summed E-state index contributed by atoms with van der Waals surface area (Å²) in [6, 6.07) is 0. The van der Waals surface area contributed by atoms with Gasteiger partial charge in [-0.3, -0.25) is 0 Å². The zero-order chi connectivity index (χ0) is 11.2. The van der Waals surface area contributed by atoms with E-state index in [1.54, 1.807) is 0 Å². The lowest BCUT2D eigenvalue weighted by Gasteiger charge is -2.19. The van der Waals surface area contributed by atoms with E-state index >= 15 is 0 Å². The van der Waals surface area contributed by atoms with Crippen LogP contribution in [-0.4, -0.2) is 37.6 Å². The monoisotopic (exact) mass is 203 g/mol. The number of hydrogen-bond acceptors (Lipinski definition) is 3. The minimum atomic E-state index is 0.597. The smallest absolute Gasteiger partial charge is 0.00461 e. The van der Waals surface area contributed by atoms with Crippen molar-refractivity contribution in [3.05, 3.63) is 0 Å². The van der Waals surface area contributed by atoms with Crippen LogP contribution in [0, 0.1) is 0 Å². The molecule has 0 atom stereocenters. The fourth-order valence-corrected chi connectivity index (χ4v) is 1.28. The molecule has 0 amide bonds. The second-order valence-corrected chi connectivity index (χ2v) is 3.42. The summed E-state index contributed by atoms with van der Waals surface area (Å²) >= 11 is 0. The van der Waals surface area contributed by atoms with Gasteiger partial charge in [0.1, 0.15) is 0 Å². The van der Waals surface area contributed by atoms with E-state index in [2.05, 4.69) is 25.7 Å². The van der Waals surface area contributed by atoms with Crippen molar-refractivity contribution in [1.82, 2.24) is 4.90 Å². The first-order chi connectivity index (χ1) is 6.76. The summed E-state index contributed by atoms with van der Waals surface area (Å²) < 4.78 is 0. The summed E-state index contributed by atoms with van der Waals surface area (Å²) in [6.07, 6.45) is 3.88. The van der Waals surface area contributed by atoms with Crippen molar-refractivity contribution in [2.45, 2.75) is 40.0 Å². The molecule has 0 aromatic heterocycles. The molecule has 14 heavy (non-hydrogen) atoms. The summed E-state index contributed by atoms with van der Waals surface area (Å²) in [5, 5.41) is 0. The van der Waals surface area contributed by atoms with E-state index in [1.165, 1.54) is 38.9 Å². The molecule has 0 radical (unpaired) electrons. The van der Waals surface area contributed by atoms with Crippen molar-refractivity contribution < 1.29 is 0 Å². The first-order valence-electron chi connectivity index (χ1n) is 5.89. The summed E-state index contributed by atoms with van der Waals surface area (Å²) in [5.41, 5.74) is 9.81. The molecular formula is C11H29N3. The maximum absolute atomic E-state index is 4.90. The van der Waals surface area contributed by atoms with Crippen LogP contribution >= 0.6 is 0 Å². The van der Waals surface area contributed by atoms with Gasteiger partial charge in [-0.15, -0.1) is 0 Å². The Morgan fingerprint density at radius 2 is 1.00 bits per heavy atom. The Morgan fingerprint density at radius 1 is 0.714 bits per heavy atom. The first-order valence-corrected chi connectivity index (χ1v) is 5.89. The van der Waals surface area contributed by atoms with Gasteiger partial charge in [-0.2, -0.15) is 0 Å². The molecule has 0 aliphatic rings. The van der Waals surface area contributed by atoms with Crippen LogP contribution in [0.2, 0.25) is 0 Å². The van der Waals surface area contributed by atoms with Crippen LogP contribution in [0.5, 0.6) is 0 Å². The standard InChI is InChI=1S/C9H21N.C2H8N2/c1-4-7-10(8-5-2)9-6-3;3-1-2-4/h4-9H2,1-3H3;1-4H2. The van der Waals surface area contributed by atoms with Crippen molar-refractivity contribution in [2.24, 2.45) is 11.5 Å². The lowest BCUT2D eigenvalue weighted by molar-refractivity contribution is 0.275. The van der Waals surface area contributed by atoms with Gasteiger partial charge in [-0.1, -0.05) is 20.8 Å². The van der Waals surface area contributed by atoms with Crippen molar-refractivity contribution in [3.63, 3.8) is 0 Å². The summed E-state index contributed by atoms with van der Waals surface area (Å²) in [4.78, 5) is 2.54. The Bertz CT molecular complexity index is 70.3. The molecule has 3 heteroatoms. The normalized spacial score (nSPS) is 9.86. The summed E-state index contributed by atoms with van der Waals surface area (Å²) in [6.45, 7) is 11.8. The van der Waals surface area contributed by atoms with Gasteiger partial charge in [0.05, 0.1) is 0 Å². The highest BCUT2D eigenvalue weighted by Gasteiger charge is 1.98. The number of nitrogens with two attached hydrogens (primary N) is 2. The molecule has 0 rings (SSSR count). The minimum Gasteiger partial charge on any atom is -0.329 e. The van der Waals surface area contributed by atoms with E-state index in [9.17, 15) is 0 Å². The largest absolute Gasteiger partial charge is 0.329 e. The lowest BCUT2D eigenvalue weighted by atomic mass is 10.3. The Balaban J connectivity index is 0. The average Bonchev–Trinajstić information content (AvgIpc) is 2.20. The lowest BCUT2D eigenvalue weighted by Crippen LogP contribution is -2.25. The van der Waals surface area contributed by atoms with Gasteiger partial charge in [0.2, 0.25) is 0 Å². The van der Waals surface area contributed by atoms with Gasteiger partial charge in [0, 0.05) is 13.1 Å². The Hall–Kier alpha value is -0.120. The third-order valence-electron chi connectivity index (χ3n) is 1.79. The fourth-order valence-electron chi connectivity index (χ4n) is 1.28. The molecule has 3 nitrogen and oxygen atoms in total. The van der Waals surface area contributed by atoms with Gasteiger partial charge in [-0.25, -0.2) is 0 Å². The molecular weight excluding hydrogens is 174 g/mol. The molecule has 0 saturated heterocycles. The zero-order valence-electron chi connectivity index (χ0n) is 10.3. The van der Waals surface area contributed by atoms with E-state index in [0.717, 1.165) is 0 Å². The number of rotatable bonds is 7. The number of hydrogen-bond donors (Lipinski definition) is 2. The van der Waals surface area contributed by atoms with Gasteiger partial charge >= 0.3 is 0 Å². The van der Waals surface area contributed by atoms with Crippen LogP contribution in [0.4, 0.5) is 0 Å². The van der Waals surface area contributed by atoms with Gasteiger partial charge in [0.25, 0.3) is 0 Å². The maximum atomic E-state index is 4.90. The van der Waals surface area contributed by atoms with Gasteiger partial charge < -0.3 is 16.4 Å². The number of nitrogens with zero attached hydrogens (tertiary/aromatic N) is 1. The zero-order valence-corrected chi connectivity index (χ0v) is 10.3. The van der Waals surface area contributed by atoms with Crippen LogP contribution in [0.1, 0.15) is 40.0 Å². The molecule has 0 aliphatic heterocycles. The summed E-state index contributed by atoms with van der Waals surface area (Å²) in [5.74, 6) is 0. The van der Waals surface area contributed by atoms with E-state index in [4.69, 9.17) is 11.5 Å². The minimum absolute atomic E-state index is 0.597. The molecule has 88 valence electrons. The van der Waals surface area contributed by atoms with Crippen molar-refractivity contribution >= 4 is 0 Å². The fraction of sp³-hybridized carbons (Fsp3) is 1.00. The second kappa shape index (κ2) is 15.4. The second-order valence-electron chi connectivity index (χ2n) is 3.42. The summed E-state index contributed by atoms with van der Waals surface area (Å²) in [7, 11) is 0. The highest BCUT2D eigenvalue weighted by molar-refractivity contribution is 4.53. The molecule has 0 saturated carbocycles. The highest BCUT2D eigenvalue weighted by Crippen LogP contribution is 1.94. The van der Waals surface area contributed by atoms with Gasteiger partial charge in [0.15, 0.2) is 0 Å². The van der Waals surface area contributed by atoms with Crippen LogP contribution in [-0.2, 0) is 0 Å². The molecule has 0 aromatic carbocycles. The van der Waals surface area contributed by atoms with Crippen LogP contribution in [0.15, 0.2) is 0 Å².